The smallest absolute Gasteiger partial charge is 0.444 e. The van der Waals surface area contributed by atoms with Crippen LogP contribution in [0, 0.1) is 6.92 Å². The summed E-state index contributed by atoms with van der Waals surface area (Å²) in [5.74, 6) is -2.47. The summed E-state index contributed by atoms with van der Waals surface area (Å²) >= 11 is 0. The molecule has 1 aliphatic rings. The Kier molecular flexibility index (Phi) is 10.8. The molecule has 254 valence electrons. The number of carbonyl (C=O) groups is 3. The number of fused-ring (bicyclic) bond motifs is 1. The average Bonchev–Trinajstić information content (AvgIpc) is 3.67. The lowest BCUT2D eigenvalue weighted by Gasteiger charge is -2.32. The van der Waals surface area contributed by atoms with Gasteiger partial charge < -0.3 is 24.4 Å². The number of halogens is 3. The van der Waals surface area contributed by atoms with Crippen LogP contribution < -0.4 is 5.32 Å². The van der Waals surface area contributed by atoms with Crippen LogP contribution in [0.15, 0.2) is 47.0 Å². The van der Waals surface area contributed by atoms with E-state index in [4.69, 9.17) is 4.74 Å². The standard InChI is InChI=1S/C32H40F3N7O5/c1-7-40(30(45)46-31(3,4)5)14-15-41(20-27(44)39(6)42-18-23-10-8-9-11-24(23)19-42)26(43)17-36-25-16-22(13-12-21(25)2)28-37-29(47-38-28)32(33,34)35/h8-13,16,36H,7,14-15,17-20H2,1-6H3. The molecule has 0 aliphatic carbocycles. The molecule has 0 radical (unpaired) electrons. The summed E-state index contributed by atoms with van der Waals surface area (Å²) in [6, 6.07) is 12.6. The first-order valence-electron chi connectivity index (χ1n) is 15.2. The van der Waals surface area contributed by atoms with Crippen LogP contribution in [-0.4, -0.2) is 93.2 Å². The van der Waals surface area contributed by atoms with Crippen molar-refractivity contribution in [2.45, 2.75) is 59.5 Å². The Morgan fingerprint density at radius 2 is 1.64 bits per heavy atom. The molecule has 0 saturated heterocycles. The van der Waals surface area contributed by atoms with E-state index in [2.05, 4.69) is 20.0 Å². The molecule has 4 rings (SSSR count). The first-order valence-corrected chi connectivity index (χ1v) is 15.2. The first kappa shape index (κ1) is 35.2. The van der Waals surface area contributed by atoms with E-state index in [0.717, 1.165) is 11.1 Å². The molecule has 47 heavy (non-hydrogen) atoms. The number of hydrogen-bond acceptors (Lipinski definition) is 9. The molecule has 3 amide bonds. The predicted molar refractivity (Wildman–Crippen MR) is 166 cm³/mol. The molecule has 2 aromatic carbocycles. The Morgan fingerprint density at radius 1 is 1.00 bits per heavy atom. The van der Waals surface area contributed by atoms with Gasteiger partial charge in [-0.3, -0.25) is 14.6 Å². The van der Waals surface area contributed by atoms with Crippen molar-refractivity contribution in [2.75, 3.05) is 45.1 Å². The van der Waals surface area contributed by atoms with Crippen LogP contribution in [0.1, 0.15) is 50.3 Å². The number of likely N-dealkylation sites (N-methyl/N-ethyl adjacent to an activating group) is 2. The van der Waals surface area contributed by atoms with Crippen LogP contribution in [0.5, 0.6) is 0 Å². The zero-order valence-electron chi connectivity index (χ0n) is 27.3. The number of nitrogens with zero attached hydrogens (tertiary/aromatic N) is 6. The lowest BCUT2D eigenvalue weighted by molar-refractivity contribution is -0.159. The topological polar surface area (TPSA) is 124 Å². The number of carbonyl (C=O) groups excluding carboxylic acids is 3. The Bertz CT molecular complexity index is 1560. The molecular formula is C32H40F3N7O5. The van der Waals surface area contributed by atoms with E-state index in [0.29, 0.717) is 30.9 Å². The van der Waals surface area contributed by atoms with E-state index in [1.54, 1.807) is 53.8 Å². The van der Waals surface area contributed by atoms with Gasteiger partial charge in [0.1, 0.15) is 12.1 Å². The van der Waals surface area contributed by atoms with Crippen molar-refractivity contribution >= 4 is 23.6 Å². The van der Waals surface area contributed by atoms with Crippen LogP contribution in [0.4, 0.5) is 23.7 Å². The number of rotatable bonds is 11. The molecule has 3 aromatic rings. The molecule has 0 unspecified atom stereocenters. The predicted octanol–water partition coefficient (Wildman–Crippen LogP) is 4.95. The number of anilines is 1. The van der Waals surface area contributed by atoms with Gasteiger partial charge in [0, 0.05) is 51.0 Å². The maximum Gasteiger partial charge on any atom is 0.471 e. The van der Waals surface area contributed by atoms with Crippen LogP contribution in [0.2, 0.25) is 0 Å². The quantitative estimate of drug-likeness (QED) is 0.305. The molecule has 0 spiro atoms. The SMILES string of the molecule is CCN(CCN(CC(=O)N(C)N1Cc2ccccc2C1)C(=O)CNc1cc(-c2noc(C(F)(F)F)n2)ccc1C)C(=O)OC(C)(C)C. The van der Waals surface area contributed by atoms with E-state index in [9.17, 15) is 27.6 Å². The number of ether oxygens (including phenoxy) is 1. The van der Waals surface area contributed by atoms with Crippen molar-refractivity contribution in [1.82, 2.24) is 30.0 Å². The molecule has 1 N–H and O–H groups in total. The highest BCUT2D eigenvalue weighted by Gasteiger charge is 2.38. The summed E-state index contributed by atoms with van der Waals surface area (Å²) in [4.78, 5) is 46.2. The lowest BCUT2D eigenvalue weighted by atomic mass is 10.1. The largest absolute Gasteiger partial charge is 0.471 e. The summed E-state index contributed by atoms with van der Waals surface area (Å²) in [6.45, 7) is 9.94. The number of aryl methyl sites for hydroxylation is 1. The molecule has 1 aromatic heterocycles. The molecular weight excluding hydrogens is 619 g/mol. The first-order chi connectivity index (χ1) is 22.1. The average molecular weight is 660 g/mol. The second kappa shape index (κ2) is 14.4. The van der Waals surface area contributed by atoms with Crippen LogP contribution >= 0.6 is 0 Å². The molecule has 0 atom stereocenters. The number of hydrazine groups is 1. The lowest BCUT2D eigenvalue weighted by Crippen LogP contribution is -2.50. The molecule has 1 aliphatic heterocycles. The molecule has 12 nitrogen and oxygen atoms in total. The van der Waals surface area contributed by atoms with Crippen molar-refractivity contribution in [2.24, 2.45) is 0 Å². The highest BCUT2D eigenvalue weighted by atomic mass is 19.4. The number of benzene rings is 2. The van der Waals surface area contributed by atoms with E-state index < -0.39 is 29.7 Å². The van der Waals surface area contributed by atoms with E-state index in [1.165, 1.54) is 20.9 Å². The summed E-state index contributed by atoms with van der Waals surface area (Å²) in [6.07, 6.45) is -5.32. The third kappa shape index (κ3) is 9.21. The van der Waals surface area contributed by atoms with Crippen LogP contribution in [0.25, 0.3) is 11.4 Å². The van der Waals surface area contributed by atoms with Gasteiger partial charge in [0.25, 0.3) is 5.91 Å². The minimum absolute atomic E-state index is 0.0511. The minimum Gasteiger partial charge on any atom is -0.444 e. The Balaban J connectivity index is 1.48. The van der Waals surface area contributed by atoms with E-state index in [-0.39, 0.29) is 43.5 Å². The molecule has 0 bridgehead atoms. The van der Waals surface area contributed by atoms with Crippen LogP contribution in [0.3, 0.4) is 0 Å². The maximum atomic E-state index is 13.6. The Labute approximate surface area is 271 Å². The maximum absolute atomic E-state index is 13.6. The second-order valence-corrected chi connectivity index (χ2v) is 12.2. The number of alkyl halides is 3. The third-order valence-electron chi connectivity index (χ3n) is 7.56. The van der Waals surface area contributed by atoms with Gasteiger partial charge in [-0.1, -0.05) is 41.6 Å². The van der Waals surface area contributed by atoms with Gasteiger partial charge in [0.15, 0.2) is 0 Å². The normalized spacial score (nSPS) is 13.2. The zero-order chi connectivity index (χ0) is 34.5. The Morgan fingerprint density at radius 3 is 2.21 bits per heavy atom. The molecule has 0 fully saturated rings. The summed E-state index contributed by atoms with van der Waals surface area (Å²) in [7, 11) is 1.66. The number of amides is 3. The zero-order valence-corrected chi connectivity index (χ0v) is 27.3. The van der Waals surface area contributed by atoms with Crippen molar-refractivity contribution in [3.63, 3.8) is 0 Å². The monoisotopic (exact) mass is 659 g/mol. The third-order valence-corrected chi connectivity index (χ3v) is 7.56. The fourth-order valence-corrected chi connectivity index (χ4v) is 4.88. The minimum atomic E-state index is -4.78. The fraction of sp³-hybridized carbons (Fsp3) is 0.469. The van der Waals surface area contributed by atoms with Gasteiger partial charge in [-0.15, -0.1) is 0 Å². The summed E-state index contributed by atoms with van der Waals surface area (Å²) in [5, 5.41) is 9.85. The van der Waals surface area contributed by atoms with Gasteiger partial charge >= 0.3 is 18.2 Å². The van der Waals surface area contributed by atoms with Gasteiger partial charge in [-0.05, 0) is 57.4 Å². The molecule has 15 heteroatoms. The van der Waals surface area contributed by atoms with Gasteiger partial charge in [-0.25, -0.2) is 9.80 Å². The van der Waals surface area contributed by atoms with Crippen molar-refractivity contribution in [1.29, 1.82) is 0 Å². The highest BCUT2D eigenvalue weighted by Crippen LogP contribution is 2.30. The van der Waals surface area contributed by atoms with Gasteiger partial charge in [-0.2, -0.15) is 18.2 Å². The number of nitrogens with one attached hydrogen (secondary N) is 1. The number of aromatic nitrogens is 2. The van der Waals surface area contributed by atoms with E-state index >= 15 is 0 Å². The summed E-state index contributed by atoms with van der Waals surface area (Å²) < 4.78 is 48.8. The fourth-order valence-electron chi connectivity index (χ4n) is 4.88. The van der Waals surface area contributed by atoms with Crippen molar-refractivity contribution in [3.05, 3.63) is 65.0 Å². The molecule has 0 saturated carbocycles. The number of hydrogen-bond donors (Lipinski definition) is 1. The van der Waals surface area contributed by atoms with Crippen LogP contribution in [-0.2, 0) is 33.6 Å². The Hall–Kier alpha value is -4.66. The van der Waals surface area contributed by atoms with Crippen molar-refractivity contribution < 1.29 is 36.8 Å². The van der Waals surface area contributed by atoms with Crippen molar-refractivity contribution in [3.8, 4) is 11.4 Å². The summed E-state index contributed by atoms with van der Waals surface area (Å²) in [5.41, 5.74) is 2.94. The second-order valence-electron chi connectivity index (χ2n) is 12.2. The van der Waals surface area contributed by atoms with E-state index in [1.807, 2.05) is 29.3 Å². The highest BCUT2D eigenvalue weighted by molar-refractivity contribution is 5.87. The van der Waals surface area contributed by atoms with Gasteiger partial charge in [0.05, 0.1) is 6.54 Å². The molecule has 2 heterocycles. The van der Waals surface area contributed by atoms with Gasteiger partial charge in [0.2, 0.25) is 11.7 Å².